The second-order valence-corrected chi connectivity index (χ2v) is 4.62. The normalized spacial score (nSPS) is 10.0. The van der Waals surface area contributed by atoms with E-state index in [2.05, 4.69) is 15.3 Å². The van der Waals surface area contributed by atoms with Crippen molar-refractivity contribution in [1.29, 1.82) is 0 Å². The Kier molecular flexibility index (Phi) is 6.17. The molecule has 1 N–H and O–H groups in total. The van der Waals surface area contributed by atoms with Crippen molar-refractivity contribution in [3.63, 3.8) is 0 Å². The van der Waals surface area contributed by atoms with Gasteiger partial charge in [-0.3, -0.25) is 4.79 Å². The maximum absolute atomic E-state index is 11.7. The molecule has 1 heterocycles. The number of methoxy groups -OCH3 is 1. The van der Waals surface area contributed by atoms with Crippen LogP contribution in [0.5, 0.6) is 11.5 Å². The van der Waals surface area contributed by atoms with Crippen molar-refractivity contribution in [3.8, 4) is 11.5 Å². The average molecular weight is 301 g/mol. The number of aromatic nitrogens is 2. The lowest BCUT2D eigenvalue weighted by Gasteiger charge is -2.08. The maximum Gasteiger partial charge on any atom is 0.220 e. The number of amides is 1. The predicted octanol–water partition coefficient (Wildman–Crippen LogP) is 1.61. The minimum absolute atomic E-state index is 0.0119. The summed E-state index contributed by atoms with van der Waals surface area (Å²) in [7, 11) is 1.62. The highest BCUT2D eigenvalue weighted by Crippen LogP contribution is 2.16. The van der Waals surface area contributed by atoms with Crippen LogP contribution >= 0.6 is 0 Å². The molecule has 0 fully saturated rings. The third kappa shape index (κ3) is 5.40. The summed E-state index contributed by atoms with van der Waals surface area (Å²) in [6.45, 7) is 0.892. The molecule has 0 saturated heterocycles. The quantitative estimate of drug-likeness (QED) is 0.750. The summed E-state index contributed by atoms with van der Waals surface area (Å²) in [5.74, 6) is 1.52. The first-order chi connectivity index (χ1) is 10.8. The zero-order chi connectivity index (χ0) is 15.6. The molecule has 6 nitrogen and oxygen atoms in total. The van der Waals surface area contributed by atoms with Crippen molar-refractivity contribution in [2.45, 2.75) is 12.8 Å². The van der Waals surface area contributed by atoms with Crippen molar-refractivity contribution in [2.75, 3.05) is 20.3 Å². The topological polar surface area (TPSA) is 73.3 Å². The Hall–Kier alpha value is -2.63. The van der Waals surface area contributed by atoms with Crippen molar-refractivity contribution in [1.82, 2.24) is 15.3 Å². The summed E-state index contributed by atoms with van der Waals surface area (Å²) in [6, 6.07) is 7.32. The van der Waals surface area contributed by atoms with E-state index in [1.165, 1.54) is 6.33 Å². The van der Waals surface area contributed by atoms with Crippen molar-refractivity contribution < 1.29 is 14.3 Å². The Labute approximate surface area is 129 Å². The molecule has 0 radical (unpaired) electrons. The van der Waals surface area contributed by atoms with E-state index >= 15 is 0 Å². The van der Waals surface area contributed by atoms with Crippen LogP contribution in [0, 0.1) is 0 Å². The van der Waals surface area contributed by atoms with Crippen LogP contribution in [0.2, 0.25) is 0 Å². The second kappa shape index (κ2) is 8.61. The lowest BCUT2D eigenvalue weighted by atomic mass is 10.2. The molecule has 1 amide bonds. The van der Waals surface area contributed by atoms with Gasteiger partial charge in [-0.05, 0) is 36.2 Å². The molecule has 0 aliphatic heterocycles. The van der Waals surface area contributed by atoms with Gasteiger partial charge in [-0.1, -0.05) is 0 Å². The van der Waals surface area contributed by atoms with Crippen LogP contribution in [-0.2, 0) is 11.2 Å². The highest BCUT2D eigenvalue weighted by atomic mass is 16.5. The summed E-state index contributed by atoms with van der Waals surface area (Å²) in [6.07, 6.45) is 5.95. The van der Waals surface area contributed by atoms with E-state index in [4.69, 9.17) is 9.47 Å². The maximum atomic E-state index is 11.7. The van der Waals surface area contributed by atoms with Crippen molar-refractivity contribution in [2.24, 2.45) is 0 Å². The van der Waals surface area contributed by atoms with Gasteiger partial charge in [0.15, 0.2) is 0 Å². The zero-order valence-electron chi connectivity index (χ0n) is 12.5. The minimum Gasteiger partial charge on any atom is -0.497 e. The summed E-state index contributed by atoms with van der Waals surface area (Å²) >= 11 is 0. The van der Waals surface area contributed by atoms with E-state index in [-0.39, 0.29) is 5.91 Å². The molecule has 1 aromatic heterocycles. The summed E-state index contributed by atoms with van der Waals surface area (Å²) in [4.78, 5) is 19.5. The van der Waals surface area contributed by atoms with Crippen LogP contribution in [0.3, 0.4) is 0 Å². The number of ether oxygens (including phenoxy) is 2. The predicted molar refractivity (Wildman–Crippen MR) is 81.9 cm³/mol. The molecule has 116 valence electrons. The van der Waals surface area contributed by atoms with Gasteiger partial charge >= 0.3 is 0 Å². The molecule has 22 heavy (non-hydrogen) atoms. The molecule has 2 aromatic rings. The standard InChI is InChI=1S/C16H19N3O3/c1-21-14-3-5-15(6-4-14)22-9-8-19-16(20)7-2-13-10-17-12-18-11-13/h3-6,10-12H,2,7-9H2,1H3,(H,19,20). The van der Waals surface area contributed by atoms with E-state index in [9.17, 15) is 4.79 Å². The van der Waals surface area contributed by atoms with Gasteiger partial charge in [0.25, 0.3) is 0 Å². The van der Waals surface area contributed by atoms with Gasteiger partial charge in [0.2, 0.25) is 5.91 Å². The second-order valence-electron chi connectivity index (χ2n) is 4.62. The molecular weight excluding hydrogens is 282 g/mol. The minimum atomic E-state index is -0.0119. The zero-order valence-corrected chi connectivity index (χ0v) is 12.5. The molecule has 0 unspecified atom stereocenters. The molecule has 0 saturated carbocycles. The number of carbonyl (C=O) groups is 1. The molecule has 6 heteroatoms. The number of aryl methyl sites for hydroxylation is 1. The third-order valence-corrected chi connectivity index (χ3v) is 3.01. The van der Waals surface area contributed by atoms with Crippen LogP contribution < -0.4 is 14.8 Å². The van der Waals surface area contributed by atoms with Gasteiger partial charge in [-0.15, -0.1) is 0 Å². The van der Waals surface area contributed by atoms with E-state index in [1.54, 1.807) is 19.5 Å². The highest BCUT2D eigenvalue weighted by Gasteiger charge is 2.02. The lowest BCUT2D eigenvalue weighted by molar-refractivity contribution is -0.121. The number of hydrogen-bond acceptors (Lipinski definition) is 5. The molecule has 2 rings (SSSR count). The van der Waals surface area contributed by atoms with Gasteiger partial charge in [-0.2, -0.15) is 0 Å². The van der Waals surface area contributed by atoms with Crippen LogP contribution in [0.4, 0.5) is 0 Å². The molecule has 0 bridgehead atoms. The van der Waals surface area contributed by atoms with E-state index in [1.807, 2.05) is 24.3 Å². The number of nitrogens with one attached hydrogen (secondary N) is 1. The van der Waals surface area contributed by atoms with Gasteiger partial charge in [0.1, 0.15) is 24.4 Å². The first-order valence-corrected chi connectivity index (χ1v) is 7.05. The first-order valence-electron chi connectivity index (χ1n) is 7.05. The van der Waals surface area contributed by atoms with E-state index < -0.39 is 0 Å². The fraction of sp³-hybridized carbons (Fsp3) is 0.312. The SMILES string of the molecule is COc1ccc(OCCNC(=O)CCc2cncnc2)cc1. The Morgan fingerprint density at radius 1 is 1.14 bits per heavy atom. The van der Waals surface area contributed by atoms with Gasteiger partial charge in [0.05, 0.1) is 13.7 Å². The number of benzene rings is 1. The van der Waals surface area contributed by atoms with Crippen LogP contribution in [-0.4, -0.2) is 36.1 Å². The molecule has 0 aliphatic rings. The molecule has 0 aliphatic carbocycles. The van der Waals surface area contributed by atoms with Gasteiger partial charge in [0, 0.05) is 18.8 Å². The number of nitrogens with zero attached hydrogens (tertiary/aromatic N) is 2. The smallest absolute Gasteiger partial charge is 0.220 e. The summed E-state index contributed by atoms with van der Waals surface area (Å²) < 4.78 is 10.6. The lowest BCUT2D eigenvalue weighted by Crippen LogP contribution is -2.28. The first kappa shape index (κ1) is 15.8. The monoisotopic (exact) mass is 301 g/mol. The Morgan fingerprint density at radius 3 is 2.50 bits per heavy atom. The highest BCUT2D eigenvalue weighted by molar-refractivity contribution is 5.76. The molecule has 1 aromatic carbocycles. The van der Waals surface area contributed by atoms with E-state index in [0.29, 0.717) is 26.0 Å². The fourth-order valence-electron chi connectivity index (χ4n) is 1.84. The molecular formula is C16H19N3O3. The Balaban J connectivity index is 1.60. The third-order valence-electron chi connectivity index (χ3n) is 3.01. The van der Waals surface area contributed by atoms with Gasteiger partial charge in [-0.25, -0.2) is 9.97 Å². The van der Waals surface area contributed by atoms with Crippen LogP contribution in [0.15, 0.2) is 43.0 Å². The van der Waals surface area contributed by atoms with Gasteiger partial charge < -0.3 is 14.8 Å². The van der Waals surface area contributed by atoms with Crippen molar-refractivity contribution in [3.05, 3.63) is 48.5 Å². The van der Waals surface area contributed by atoms with Crippen LogP contribution in [0.25, 0.3) is 0 Å². The number of rotatable bonds is 8. The molecule has 0 atom stereocenters. The largest absolute Gasteiger partial charge is 0.497 e. The van der Waals surface area contributed by atoms with Crippen molar-refractivity contribution >= 4 is 5.91 Å². The Morgan fingerprint density at radius 2 is 1.82 bits per heavy atom. The Bertz CT molecular complexity index is 573. The van der Waals surface area contributed by atoms with Crippen LogP contribution in [0.1, 0.15) is 12.0 Å². The number of carbonyl (C=O) groups excluding carboxylic acids is 1. The summed E-state index contributed by atoms with van der Waals surface area (Å²) in [5, 5.41) is 2.82. The van der Waals surface area contributed by atoms with E-state index in [0.717, 1.165) is 17.1 Å². The molecule has 0 spiro atoms. The number of hydrogen-bond donors (Lipinski definition) is 1. The average Bonchev–Trinajstić information content (AvgIpc) is 2.58. The fourth-order valence-corrected chi connectivity index (χ4v) is 1.84. The summed E-state index contributed by atoms with van der Waals surface area (Å²) in [5.41, 5.74) is 0.951.